The van der Waals surface area contributed by atoms with E-state index in [-0.39, 0.29) is 12.2 Å². The maximum Gasteiger partial charge on any atom is 0.316 e. The van der Waals surface area contributed by atoms with Gasteiger partial charge in [-0.25, -0.2) is 9.48 Å². The Bertz CT molecular complexity index is 979. The Hall–Kier alpha value is -2.78. The van der Waals surface area contributed by atoms with Crippen molar-refractivity contribution in [3.8, 4) is 11.5 Å². The van der Waals surface area contributed by atoms with E-state index >= 15 is 0 Å². The first-order valence-electron chi connectivity index (χ1n) is 9.22. The molecule has 8 nitrogen and oxygen atoms in total. The van der Waals surface area contributed by atoms with E-state index < -0.39 is 10.6 Å². The van der Waals surface area contributed by atoms with E-state index in [2.05, 4.69) is 0 Å². The summed E-state index contributed by atoms with van der Waals surface area (Å²) in [5.74, 6) is 2.32. The van der Waals surface area contributed by atoms with Crippen LogP contribution in [0.2, 0.25) is 0 Å². The van der Waals surface area contributed by atoms with Crippen molar-refractivity contribution in [2.45, 2.75) is 12.1 Å². The van der Waals surface area contributed by atoms with Gasteiger partial charge in [-0.15, -0.1) is 0 Å². The van der Waals surface area contributed by atoms with Crippen LogP contribution in [0.4, 0.5) is 11.4 Å². The lowest BCUT2D eigenvalue weighted by Gasteiger charge is -2.24. The number of nitrogens with zero attached hydrogens (tertiary/aromatic N) is 3. The zero-order valence-electron chi connectivity index (χ0n) is 16.2. The number of amidine groups is 1. The summed E-state index contributed by atoms with van der Waals surface area (Å²) < 4.78 is 12.9. The minimum Gasteiger partial charge on any atom is -0.497 e. The second-order valence-corrected chi connectivity index (χ2v) is 7.94. The first-order valence-corrected chi connectivity index (χ1v) is 10.2. The molecule has 9 heteroatoms. The number of methoxy groups -OCH3 is 2. The van der Waals surface area contributed by atoms with Gasteiger partial charge in [-0.05, 0) is 42.4 Å². The van der Waals surface area contributed by atoms with E-state index in [1.165, 1.54) is 12.1 Å². The molecule has 0 saturated carbocycles. The maximum atomic E-state index is 11.7. The minimum absolute atomic E-state index is 0.00103. The lowest BCUT2D eigenvalue weighted by atomic mass is 10.0. The molecule has 2 aliphatic heterocycles. The van der Waals surface area contributed by atoms with Gasteiger partial charge in [0, 0.05) is 29.5 Å². The Morgan fingerprint density at radius 1 is 1.21 bits per heavy atom. The van der Waals surface area contributed by atoms with Gasteiger partial charge in [0.2, 0.25) is 0 Å². The molecule has 2 aromatic rings. The fourth-order valence-corrected chi connectivity index (χ4v) is 4.97. The molecule has 0 unspecified atom stereocenters. The van der Waals surface area contributed by atoms with Crippen molar-refractivity contribution >= 4 is 28.3 Å². The number of hydrogen-bond acceptors (Lipinski definition) is 7. The topological polar surface area (TPSA) is 88.1 Å². The van der Waals surface area contributed by atoms with Gasteiger partial charge in [0.25, 0.3) is 11.4 Å². The molecule has 1 atom stereocenters. The molecule has 1 N–H and O–H groups in total. The summed E-state index contributed by atoms with van der Waals surface area (Å²) in [5.41, 5.74) is 0.122. The minimum atomic E-state index is -1.30. The van der Waals surface area contributed by atoms with E-state index in [9.17, 15) is 15.2 Å². The van der Waals surface area contributed by atoms with E-state index in [4.69, 9.17) is 9.47 Å². The van der Waals surface area contributed by atoms with Gasteiger partial charge in [0.15, 0.2) is 18.0 Å². The molecule has 2 aromatic carbocycles. The second kappa shape index (κ2) is 7.57. The molecule has 4 rings (SSSR count). The average molecular weight is 416 g/mol. The number of non-ortho nitro benzene ring substituents is 1. The van der Waals surface area contributed by atoms with Crippen LogP contribution in [0, 0.1) is 10.1 Å². The number of anilines is 1. The van der Waals surface area contributed by atoms with Crippen LogP contribution in [-0.2, 0) is 5.72 Å². The molecular weight excluding hydrogens is 394 g/mol. The summed E-state index contributed by atoms with van der Waals surface area (Å²) in [4.78, 5) is 12.6. The van der Waals surface area contributed by atoms with Crippen LogP contribution < -0.4 is 14.4 Å². The van der Waals surface area contributed by atoms with Crippen molar-refractivity contribution in [1.29, 1.82) is 0 Å². The van der Waals surface area contributed by atoms with Crippen LogP contribution in [0.5, 0.6) is 11.5 Å². The predicted molar refractivity (Wildman–Crippen MR) is 111 cm³/mol. The smallest absolute Gasteiger partial charge is 0.316 e. The molecule has 2 aliphatic rings. The third-order valence-electron chi connectivity index (χ3n) is 5.26. The number of thioether (sulfide) groups is 1. The summed E-state index contributed by atoms with van der Waals surface area (Å²) in [7, 11) is 3.22. The molecule has 0 bridgehead atoms. The van der Waals surface area contributed by atoms with Crippen molar-refractivity contribution < 1.29 is 24.1 Å². The van der Waals surface area contributed by atoms with E-state index in [1.807, 2.05) is 27.7 Å². The lowest BCUT2D eigenvalue weighted by Crippen LogP contribution is -2.41. The largest absolute Gasteiger partial charge is 0.497 e. The Kier molecular flexibility index (Phi) is 5.10. The zero-order valence-corrected chi connectivity index (χ0v) is 17.0. The SMILES string of the molecule is COc1ccc(OC)c(N2C[C@](O)(c3ccc([N+](=O)[O-])cc3)[N+]3=C2SCCC3)c1. The quantitative estimate of drug-likeness (QED) is 0.455. The molecule has 152 valence electrons. The fraction of sp³-hybridized carbons (Fsp3) is 0.350. The Labute approximate surface area is 172 Å². The fourth-order valence-electron chi connectivity index (χ4n) is 3.79. The number of nitro groups is 1. The molecule has 0 aromatic heterocycles. The number of ether oxygens (including phenoxy) is 2. The molecule has 0 radical (unpaired) electrons. The third-order valence-corrected chi connectivity index (χ3v) is 6.45. The summed E-state index contributed by atoms with van der Waals surface area (Å²) >= 11 is 1.68. The number of rotatable bonds is 5. The highest BCUT2D eigenvalue weighted by molar-refractivity contribution is 8.13. The zero-order chi connectivity index (χ0) is 20.6. The summed E-state index contributed by atoms with van der Waals surface area (Å²) in [6.07, 6.45) is 0.937. The standard InChI is InChI=1S/C20H22N3O5S/c1-27-16-8-9-18(28-2)17(12-16)21-13-20(24,22-10-3-11-29-19(21)22)14-4-6-15(7-5-14)23(25)26/h4-9,12,24H,3,10-11,13H2,1-2H3/q+1/t20-/m0/s1. The number of nitro benzene ring substituents is 1. The van der Waals surface area contributed by atoms with Crippen LogP contribution in [-0.4, -0.2) is 52.8 Å². The van der Waals surface area contributed by atoms with Gasteiger partial charge in [-0.2, -0.15) is 0 Å². The average Bonchev–Trinajstić information content (AvgIpc) is 3.07. The van der Waals surface area contributed by atoms with Gasteiger partial charge in [0.05, 0.1) is 25.7 Å². The number of hydrogen-bond donors (Lipinski definition) is 1. The second-order valence-electron chi connectivity index (χ2n) is 6.88. The maximum absolute atomic E-state index is 11.7. The van der Waals surface area contributed by atoms with E-state index in [0.717, 1.165) is 23.0 Å². The molecule has 0 aliphatic carbocycles. The lowest BCUT2D eigenvalue weighted by molar-refractivity contribution is -0.656. The van der Waals surface area contributed by atoms with Crippen LogP contribution in [0.15, 0.2) is 42.5 Å². The highest BCUT2D eigenvalue weighted by atomic mass is 32.2. The van der Waals surface area contributed by atoms with Crippen molar-refractivity contribution in [2.75, 3.05) is 38.0 Å². The van der Waals surface area contributed by atoms with Crippen molar-refractivity contribution in [3.05, 3.63) is 58.1 Å². The Morgan fingerprint density at radius 3 is 2.62 bits per heavy atom. The van der Waals surface area contributed by atoms with E-state index in [1.54, 1.807) is 38.1 Å². The highest BCUT2D eigenvalue weighted by Crippen LogP contribution is 2.42. The molecule has 29 heavy (non-hydrogen) atoms. The van der Waals surface area contributed by atoms with Crippen LogP contribution >= 0.6 is 11.8 Å². The number of aliphatic hydroxyl groups is 1. The molecule has 0 saturated heterocycles. The van der Waals surface area contributed by atoms with Crippen LogP contribution in [0.3, 0.4) is 0 Å². The number of benzene rings is 2. The summed E-state index contributed by atoms with van der Waals surface area (Å²) in [6, 6.07) is 11.7. The van der Waals surface area contributed by atoms with Crippen LogP contribution in [0.25, 0.3) is 0 Å². The van der Waals surface area contributed by atoms with Gasteiger partial charge < -0.3 is 14.6 Å². The summed E-state index contributed by atoms with van der Waals surface area (Å²) in [6.45, 7) is 0.968. The van der Waals surface area contributed by atoms with Crippen molar-refractivity contribution in [3.63, 3.8) is 0 Å². The van der Waals surface area contributed by atoms with Crippen molar-refractivity contribution in [1.82, 2.24) is 0 Å². The number of β-amino-alcohol motifs (C(OH)–C–C–N with tert-alkyl or cyclic N) is 1. The van der Waals surface area contributed by atoms with Gasteiger partial charge in [-0.3, -0.25) is 10.1 Å². The molecule has 0 amide bonds. The van der Waals surface area contributed by atoms with Gasteiger partial charge in [0.1, 0.15) is 5.75 Å². The predicted octanol–water partition coefficient (Wildman–Crippen LogP) is 2.78. The monoisotopic (exact) mass is 416 g/mol. The molecule has 0 fully saturated rings. The van der Waals surface area contributed by atoms with Crippen LogP contribution in [0.1, 0.15) is 12.0 Å². The highest BCUT2D eigenvalue weighted by Gasteiger charge is 2.54. The van der Waals surface area contributed by atoms with E-state index in [0.29, 0.717) is 23.6 Å². The molecule has 0 spiro atoms. The normalized spacial score (nSPS) is 21.1. The Balaban J connectivity index is 1.80. The Morgan fingerprint density at radius 2 is 1.97 bits per heavy atom. The first-order chi connectivity index (χ1) is 14.0. The first kappa shape index (κ1) is 19.5. The molecule has 2 heterocycles. The molecular formula is C20H22N3O5S+. The van der Waals surface area contributed by atoms with Gasteiger partial charge >= 0.3 is 5.17 Å². The van der Waals surface area contributed by atoms with Gasteiger partial charge in [-0.1, -0.05) is 0 Å². The third kappa shape index (κ3) is 3.30. The van der Waals surface area contributed by atoms with Crippen molar-refractivity contribution in [2.24, 2.45) is 0 Å². The summed E-state index contributed by atoms with van der Waals surface area (Å²) in [5, 5.41) is 23.7.